The predicted octanol–water partition coefficient (Wildman–Crippen LogP) is 10.8. The molecule has 0 fully saturated rings. The van der Waals surface area contributed by atoms with E-state index in [2.05, 4.69) is 82.8 Å². The third-order valence-corrected chi connectivity index (χ3v) is 8.16. The van der Waals surface area contributed by atoms with E-state index < -0.39 is 5.89 Å². The first kappa shape index (κ1) is 28.9. The first-order valence-electron chi connectivity index (χ1n) is 14.4. The molecule has 1 radical (unpaired) electrons. The number of thiophene rings is 1. The molecule has 0 aliphatic heterocycles. The van der Waals surface area contributed by atoms with Crippen LogP contribution in [0, 0.1) is 12.1 Å². The maximum atomic E-state index is 8.40. The zero-order valence-electron chi connectivity index (χ0n) is 24.9. The Morgan fingerprint density at radius 2 is 1.37 bits per heavy atom. The number of hydrogen-bond donors (Lipinski definition) is 0. The summed E-state index contributed by atoms with van der Waals surface area (Å²) in [5.41, 5.74) is 8.35. The zero-order valence-corrected chi connectivity index (χ0v) is 27.1. The summed E-state index contributed by atoms with van der Waals surface area (Å²) >= 11 is 1.80. The van der Waals surface area contributed by atoms with Gasteiger partial charge in [-0.2, -0.15) is 11.3 Å². The SMILES string of the molecule is [2H]C(C)(C)c1ccnc(-c2[c-]c3cc(-c4ccccc4)sc3c(-c3ccccc3)c2)c1.[Ir].[c-]1ccccc1-c1ccccn1. The molecule has 0 aliphatic rings. The van der Waals surface area contributed by atoms with Crippen molar-refractivity contribution in [2.75, 3.05) is 0 Å². The van der Waals surface area contributed by atoms with E-state index in [9.17, 15) is 0 Å². The van der Waals surface area contributed by atoms with E-state index in [1.807, 2.05) is 80.6 Å². The molecule has 0 amide bonds. The van der Waals surface area contributed by atoms with Crippen molar-refractivity contribution >= 4 is 21.4 Å². The smallest absolute Gasteiger partial charge is 0.0346 e. The summed E-state index contributed by atoms with van der Waals surface area (Å²) < 4.78 is 9.63. The summed E-state index contributed by atoms with van der Waals surface area (Å²) in [5.74, 6) is -0.674. The minimum absolute atomic E-state index is 0. The van der Waals surface area contributed by atoms with E-state index in [1.165, 1.54) is 26.3 Å². The number of aromatic nitrogens is 2. The van der Waals surface area contributed by atoms with Crippen molar-refractivity contribution in [3.63, 3.8) is 0 Å². The largest absolute Gasteiger partial charge is 0.305 e. The molecule has 7 rings (SSSR count). The fraction of sp³-hybridized carbons (Fsp3) is 0.0769. The Labute approximate surface area is 272 Å². The van der Waals surface area contributed by atoms with E-state index in [4.69, 9.17) is 1.37 Å². The second-order valence-corrected chi connectivity index (χ2v) is 11.2. The van der Waals surface area contributed by atoms with Crippen LogP contribution in [0.1, 0.15) is 26.7 Å². The molecule has 0 bridgehead atoms. The minimum atomic E-state index is -0.674. The van der Waals surface area contributed by atoms with E-state index >= 15 is 0 Å². The normalized spacial score (nSPS) is 11.2. The summed E-state index contributed by atoms with van der Waals surface area (Å²) in [7, 11) is 0. The van der Waals surface area contributed by atoms with Gasteiger partial charge in [0.25, 0.3) is 0 Å². The van der Waals surface area contributed by atoms with Crippen molar-refractivity contribution in [3.8, 4) is 44.1 Å². The summed E-state index contributed by atoms with van der Waals surface area (Å²) in [6, 6.07) is 49.8. The first-order chi connectivity index (χ1) is 21.0. The maximum Gasteiger partial charge on any atom is 0.0346 e. The van der Waals surface area contributed by atoms with Crippen molar-refractivity contribution in [2.45, 2.75) is 19.7 Å². The Bertz CT molecular complexity index is 1900. The van der Waals surface area contributed by atoms with Gasteiger partial charge in [0.2, 0.25) is 0 Å². The molecule has 0 atom stereocenters. The van der Waals surface area contributed by atoms with Crippen LogP contribution in [-0.2, 0) is 20.1 Å². The maximum absolute atomic E-state index is 8.40. The summed E-state index contributed by atoms with van der Waals surface area (Å²) in [6.45, 7) is 3.80. The molecule has 0 saturated carbocycles. The average molecular weight is 752 g/mol. The van der Waals surface area contributed by atoms with Gasteiger partial charge < -0.3 is 4.98 Å². The predicted molar refractivity (Wildman–Crippen MR) is 177 cm³/mol. The first-order valence-corrected chi connectivity index (χ1v) is 14.7. The van der Waals surface area contributed by atoms with Crippen LogP contribution < -0.4 is 0 Å². The second-order valence-electron chi connectivity index (χ2n) is 10.1. The molecule has 7 aromatic rings. The number of nitrogens with zero attached hydrogens (tertiary/aromatic N) is 2. The molecule has 0 aliphatic carbocycles. The van der Waals surface area contributed by atoms with Crippen molar-refractivity contribution in [1.29, 1.82) is 0 Å². The molecule has 0 unspecified atom stereocenters. The third-order valence-electron chi connectivity index (χ3n) is 6.94. The summed E-state index contributed by atoms with van der Waals surface area (Å²) in [4.78, 5) is 10.1. The van der Waals surface area contributed by atoms with Gasteiger partial charge in [-0.3, -0.25) is 4.98 Å². The van der Waals surface area contributed by atoms with Gasteiger partial charge >= 0.3 is 0 Å². The summed E-state index contributed by atoms with van der Waals surface area (Å²) in [6.07, 6.45) is 3.58. The Balaban J connectivity index is 0.000000248. The van der Waals surface area contributed by atoms with Gasteiger partial charge in [-0.15, -0.1) is 59.5 Å². The number of fused-ring (bicyclic) bond motifs is 1. The molecule has 4 heteroatoms. The van der Waals surface area contributed by atoms with Gasteiger partial charge in [0.05, 0.1) is 0 Å². The van der Waals surface area contributed by atoms with Gasteiger partial charge in [-0.05, 0) is 50.0 Å². The van der Waals surface area contributed by atoms with Crippen molar-refractivity contribution < 1.29 is 21.5 Å². The van der Waals surface area contributed by atoms with Gasteiger partial charge in [0.15, 0.2) is 0 Å². The standard InChI is InChI=1S/C28H22NS.C11H8N.Ir/c1-19(2)22-13-14-29-26(17-22)23-15-24-18-27(21-11-7-4-8-12-21)30-28(24)25(16-23)20-9-5-3-6-10-20;1-2-6-10(7-3-1)11-8-4-5-9-12-11;/h3-14,16-19H,1-2H3;1-6,8-9H;/q2*-1;/i19D;;. The molecular formula is C39H30IrN2S-2. The number of pyridine rings is 2. The van der Waals surface area contributed by atoms with E-state index in [0.29, 0.717) is 0 Å². The van der Waals surface area contributed by atoms with Crippen LogP contribution in [0.2, 0.25) is 0 Å². The molecule has 2 nitrogen and oxygen atoms in total. The molecule has 3 aromatic heterocycles. The summed E-state index contributed by atoms with van der Waals surface area (Å²) in [5, 5.41) is 1.09. The van der Waals surface area contributed by atoms with Crippen LogP contribution in [0.4, 0.5) is 0 Å². The van der Waals surface area contributed by atoms with E-state index in [0.717, 1.165) is 33.5 Å². The topological polar surface area (TPSA) is 25.8 Å². The molecule has 0 saturated heterocycles. The van der Waals surface area contributed by atoms with Crippen LogP contribution in [-0.4, -0.2) is 9.97 Å². The Morgan fingerprint density at radius 3 is 2.05 bits per heavy atom. The van der Waals surface area contributed by atoms with Crippen molar-refractivity contribution in [3.05, 3.63) is 157 Å². The van der Waals surface area contributed by atoms with Gasteiger partial charge in [-0.25, -0.2) is 0 Å². The van der Waals surface area contributed by atoms with Gasteiger partial charge in [0, 0.05) is 39.6 Å². The fourth-order valence-electron chi connectivity index (χ4n) is 4.75. The van der Waals surface area contributed by atoms with E-state index in [-0.39, 0.29) is 20.1 Å². The minimum Gasteiger partial charge on any atom is -0.305 e. The van der Waals surface area contributed by atoms with Crippen molar-refractivity contribution in [2.24, 2.45) is 0 Å². The van der Waals surface area contributed by atoms with Crippen LogP contribution in [0.5, 0.6) is 0 Å². The number of benzene rings is 4. The zero-order chi connectivity index (χ0) is 29.6. The van der Waals surface area contributed by atoms with Crippen LogP contribution >= 0.6 is 11.3 Å². The van der Waals surface area contributed by atoms with Crippen molar-refractivity contribution in [1.82, 2.24) is 9.97 Å². The van der Waals surface area contributed by atoms with E-state index in [1.54, 1.807) is 23.7 Å². The molecule has 43 heavy (non-hydrogen) atoms. The molecule has 0 N–H and O–H groups in total. The van der Waals surface area contributed by atoms with Gasteiger partial charge in [-0.1, -0.05) is 104 Å². The Morgan fingerprint density at radius 1 is 0.674 bits per heavy atom. The molecule has 4 aromatic carbocycles. The molecular weight excluding hydrogens is 721 g/mol. The second kappa shape index (κ2) is 14.3. The number of rotatable bonds is 5. The van der Waals surface area contributed by atoms with Crippen LogP contribution in [0.25, 0.3) is 54.2 Å². The quantitative estimate of drug-likeness (QED) is 0.164. The monoisotopic (exact) mass is 752 g/mol. The Hall–Kier alpha value is -4.21. The Kier molecular flexibility index (Phi) is 9.61. The molecule has 213 valence electrons. The van der Waals surface area contributed by atoms with Crippen LogP contribution in [0.3, 0.4) is 0 Å². The number of hydrogen-bond acceptors (Lipinski definition) is 3. The average Bonchev–Trinajstić information content (AvgIpc) is 3.51. The third kappa shape index (κ3) is 7.24. The molecule has 3 heterocycles. The molecule has 0 spiro atoms. The van der Waals surface area contributed by atoms with Gasteiger partial charge in [0.1, 0.15) is 0 Å². The fourth-order valence-corrected chi connectivity index (χ4v) is 5.91. The van der Waals surface area contributed by atoms with Crippen LogP contribution in [0.15, 0.2) is 140 Å².